The average molecular weight is 701 g/mol. The van der Waals surface area contributed by atoms with Gasteiger partial charge in [0.25, 0.3) is 21.6 Å². The molecule has 2 aromatic carbocycles. The van der Waals surface area contributed by atoms with Gasteiger partial charge in [-0.1, -0.05) is 0 Å². The van der Waals surface area contributed by atoms with E-state index in [1.807, 2.05) is 0 Å². The van der Waals surface area contributed by atoms with Crippen LogP contribution in [0.4, 0.5) is 25.0 Å². The number of nitro benzene ring substituents is 2. The molecular weight excluding hydrogens is 662 g/mol. The van der Waals surface area contributed by atoms with Crippen molar-refractivity contribution in [3.8, 4) is 11.5 Å². The third kappa shape index (κ3) is 8.63. The van der Waals surface area contributed by atoms with Gasteiger partial charge in [-0.25, -0.2) is 13.6 Å². The number of carbonyl (C=O) groups is 1. The van der Waals surface area contributed by atoms with E-state index in [4.69, 9.17) is 14.2 Å². The summed E-state index contributed by atoms with van der Waals surface area (Å²) in [5.74, 6) is -1.42. The number of nitro groups is 2. The van der Waals surface area contributed by atoms with Crippen LogP contribution in [0.5, 0.6) is 11.5 Å². The fourth-order valence-electron chi connectivity index (χ4n) is 5.72. The highest BCUT2D eigenvalue weighted by atomic mass is 32.2. The second-order valence-electron chi connectivity index (χ2n) is 12.5. The molecule has 0 aromatic heterocycles. The van der Waals surface area contributed by atoms with Crippen LogP contribution in [0.1, 0.15) is 33.6 Å². The molecule has 48 heavy (non-hydrogen) atoms. The van der Waals surface area contributed by atoms with Gasteiger partial charge in [0.05, 0.1) is 46.2 Å². The minimum absolute atomic E-state index is 0.0329. The van der Waals surface area contributed by atoms with Crippen molar-refractivity contribution in [2.75, 3.05) is 40.3 Å². The number of halogens is 2. The number of carbonyl (C=O) groups excluding carboxylic acids is 1. The molecule has 19 heteroatoms. The lowest BCUT2D eigenvalue weighted by atomic mass is 10.1. The topological polar surface area (TPSA) is 187 Å². The Morgan fingerprint density at radius 1 is 0.938 bits per heavy atom. The number of hydrogen-bond acceptors (Lipinski definition) is 11. The zero-order chi connectivity index (χ0) is 35.6. The lowest BCUT2D eigenvalue weighted by molar-refractivity contribution is -0.385. The first-order chi connectivity index (χ1) is 22.4. The van der Waals surface area contributed by atoms with E-state index in [1.54, 1.807) is 32.7 Å². The zero-order valence-corrected chi connectivity index (χ0v) is 27.8. The number of fused-ring (bicyclic) bond motifs is 1. The van der Waals surface area contributed by atoms with Crippen LogP contribution in [-0.2, 0) is 14.9 Å². The Labute approximate surface area is 276 Å². The molecule has 4 atom stereocenters. The predicted octanol–water partition coefficient (Wildman–Crippen LogP) is 3.46. The molecule has 3 aliphatic heterocycles. The maximum atomic E-state index is 13.6. The molecule has 3 saturated heterocycles. The summed E-state index contributed by atoms with van der Waals surface area (Å²) < 4.78 is 70.5. The van der Waals surface area contributed by atoms with Gasteiger partial charge in [0.15, 0.2) is 0 Å². The molecule has 3 heterocycles. The van der Waals surface area contributed by atoms with Gasteiger partial charge in [-0.05, 0) is 34.2 Å². The summed E-state index contributed by atoms with van der Waals surface area (Å²) in [6.07, 6.45) is -0.371. The predicted molar refractivity (Wildman–Crippen MR) is 167 cm³/mol. The van der Waals surface area contributed by atoms with Gasteiger partial charge in [0, 0.05) is 51.8 Å². The number of benzene rings is 2. The maximum absolute atomic E-state index is 13.6. The second-order valence-corrected chi connectivity index (χ2v) is 14.4. The van der Waals surface area contributed by atoms with Crippen LogP contribution in [-0.4, -0.2) is 108 Å². The quantitative estimate of drug-likeness (QED) is 0.314. The Morgan fingerprint density at radius 3 is 1.96 bits per heavy atom. The van der Waals surface area contributed by atoms with Crippen LogP contribution in [0.3, 0.4) is 0 Å². The summed E-state index contributed by atoms with van der Waals surface area (Å²) in [5.41, 5.74) is -1.41. The van der Waals surface area contributed by atoms with Crippen molar-refractivity contribution in [3.05, 3.63) is 68.3 Å². The smallest absolute Gasteiger partial charge is 0.410 e. The monoisotopic (exact) mass is 700 g/mol. The molecule has 1 N–H and O–H groups in total. The molecule has 0 unspecified atom stereocenters. The van der Waals surface area contributed by atoms with Crippen LogP contribution in [0.25, 0.3) is 0 Å². The van der Waals surface area contributed by atoms with E-state index in [1.165, 1.54) is 21.7 Å². The molecule has 0 bridgehead atoms. The molecule has 0 spiro atoms. The van der Waals surface area contributed by atoms with Gasteiger partial charge in [-0.3, -0.25) is 20.2 Å². The highest BCUT2D eigenvalue weighted by Gasteiger charge is 2.50. The number of nitrogens with one attached hydrogen (secondary N) is 1. The molecule has 0 saturated carbocycles. The summed E-state index contributed by atoms with van der Waals surface area (Å²) in [7, 11) is -0.224. The standard InChI is InChI=1S/C17H24FN3O5.C12H14FN3O5S/c1-17(2,3)26-16(22)20-6-5-15(14(20)10-19-4)25-13-8-11(18)7-12(9-13)21(23)24;1-14-7-11-12(2-3-15(11)22(14,19)20)21-10-5-8(13)4-9(6-10)16(17)18/h7-9,14-15,19H,5-6,10H2,1-4H3;4-6,11-12H,2-3,7H2,1H3/t14-,15+;11-,12+/m11/s1. The molecule has 1 amide bonds. The van der Waals surface area contributed by atoms with E-state index < -0.39 is 61.3 Å². The number of likely N-dealkylation sites (tertiary alicyclic amines) is 1. The Bertz CT molecular complexity index is 1640. The van der Waals surface area contributed by atoms with Crippen molar-refractivity contribution in [1.82, 2.24) is 18.8 Å². The summed E-state index contributed by atoms with van der Waals surface area (Å²) in [4.78, 5) is 34.2. The summed E-state index contributed by atoms with van der Waals surface area (Å²) in [6.45, 7) is 6.82. The molecule has 16 nitrogen and oxygen atoms in total. The van der Waals surface area contributed by atoms with E-state index >= 15 is 0 Å². The largest absolute Gasteiger partial charge is 0.488 e. The van der Waals surface area contributed by atoms with Crippen molar-refractivity contribution >= 4 is 27.7 Å². The van der Waals surface area contributed by atoms with E-state index in [-0.39, 0.29) is 35.8 Å². The molecule has 0 aliphatic carbocycles. The molecule has 3 aliphatic rings. The SMILES string of the molecule is CN1C[C@@H]2[C@@H](Oc3cc(F)cc([N+](=O)[O-])c3)CCN2S1(=O)=O.CNC[C@@H]1[C@@H](Oc2cc(F)cc([N+](=O)[O-])c2)CCN1C(=O)OC(C)(C)C. The van der Waals surface area contributed by atoms with E-state index in [0.717, 1.165) is 30.3 Å². The Hall–Kier alpha value is -4.20. The molecule has 264 valence electrons. The molecular formula is C29H38F2N6O10S. The van der Waals surface area contributed by atoms with Crippen molar-refractivity contribution < 1.29 is 46.1 Å². The first kappa shape index (κ1) is 36.6. The highest BCUT2D eigenvalue weighted by molar-refractivity contribution is 7.87. The van der Waals surface area contributed by atoms with Gasteiger partial charge >= 0.3 is 6.09 Å². The first-order valence-corrected chi connectivity index (χ1v) is 16.4. The molecule has 3 fully saturated rings. The summed E-state index contributed by atoms with van der Waals surface area (Å²) >= 11 is 0. The van der Waals surface area contributed by atoms with Gasteiger partial charge in [0.1, 0.15) is 40.9 Å². The van der Waals surface area contributed by atoms with E-state index in [2.05, 4.69) is 5.32 Å². The van der Waals surface area contributed by atoms with Crippen molar-refractivity contribution in [2.45, 2.75) is 63.5 Å². The second kappa shape index (κ2) is 14.5. The third-order valence-corrected chi connectivity index (χ3v) is 9.78. The fraction of sp³-hybridized carbons (Fsp3) is 0.552. The first-order valence-electron chi connectivity index (χ1n) is 15.0. The number of non-ortho nitro benzene ring substituents is 2. The minimum Gasteiger partial charge on any atom is -0.488 e. The molecule has 2 aromatic rings. The Morgan fingerprint density at radius 2 is 1.46 bits per heavy atom. The number of hydrogen-bond donors (Lipinski definition) is 1. The number of rotatable bonds is 8. The summed E-state index contributed by atoms with van der Waals surface area (Å²) in [6, 6.07) is 5.41. The van der Waals surface area contributed by atoms with Crippen LogP contribution in [0.2, 0.25) is 0 Å². The van der Waals surface area contributed by atoms with Gasteiger partial charge in [-0.15, -0.1) is 0 Å². The van der Waals surface area contributed by atoms with Crippen molar-refractivity contribution in [2.24, 2.45) is 0 Å². The number of likely N-dealkylation sites (N-methyl/N-ethyl adjacent to an activating group) is 2. The number of nitrogens with zero attached hydrogens (tertiary/aromatic N) is 5. The lowest BCUT2D eigenvalue weighted by Gasteiger charge is -2.30. The van der Waals surface area contributed by atoms with E-state index in [9.17, 15) is 42.2 Å². The molecule has 5 rings (SSSR count). The maximum Gasteiger partial charge on any atom is 0.410 e. The van der Waals surface area contributed by atoms with Gasteiger partial charge < -0.3 is 24.4 Å². The normalized spacial score (nSPS) is 23.6. The third-order valence-electron chi connectivity index (χ3n) is 7.80. The van der Waals surface area contributed by atoms with Gasteiger partial charge in [0.2, 0.25) is 0 Å². The van der Waals surface area contributed by atoms with Gasteiger partial charge in [-0.2, -0.15) is 17.0 Å². The Kier molecular flexibility index (Phi) is 11.1. The average Bonchev–Trinajstić information content (AvgIpc) is 3.62. The fourth-order valence-corrected chi connectivity index (χ4v) is 7.30. The highest BCUT2D eigenvalue weighted by Crippen LogP contribution is 2.34. The molecule has 0 radical (unpaired) electrons. The van der Waals surface area contributed by atoms with Crippen LogP contribution in [0, 0.1) is 31.9 Å². The van der Waals surface area contributed by atoms with Crippen molar-refractivity contribution in [3.63, 3.8) is 0 Å². The minimum atomic E-state index is -3.45. The van der Waals surface area contributed by atoms with Crippen LogP contribution >= 0.6 is 0 Å². The zero-order valence-electron chi connectivity index (χ0n) is 27.0. The van der Waals surface area contributed by atoms with Crippen molar-refractivity contribution in [1.29, 1.82) is 0 Å². The van der Waals surface area contributed by atoms with E-state index in [0.29, 0.717) is 32.5 Å². The Balaban J connectivity index is 0.000000219. The number of ether oxygens (including phenoxy) is 3. The number of amides is 1. The summed E-state index contributed by atoms with van der Waals surface area (Å²) in [5, 5.41) is 24.6. The van der Waals surface area contributed by atoms with Crippen LogP contribution in [0.15, 0.2) is 36.4 Å². The lowest BCUT2D eigenvalue weighted by Crippen LogP contribution is -2.48. The van der Waals surface area contributed by atoms with Crippen LogP contribution < -0.4 is 14.8 Å².